The molecule has 0 rings (SSSR count). The Balaban J connectivity index is 2.96. The molecule has 0 aromatic carbocycles. The summed E-state index contributed by atoms with van der Waals surface area (Å²) in [5, 5.41) is 6.56. The lowest BCUT2D eigenvalue weighted by atomic mass is 10.3. The second-order valence-corrected chi connectivity index (χ2v) is 1.24. The van der Waals surface area contributed by atoms with Crippen LogP contribution in [0.5, 0.6) is 0 Å². The van der Waals surface area contributed by atoms with Crippen molar-refractivity contribution in [2.24, 2.45) is 5.73 Å². The Hall–Kier alpha value is -0.370. The van der Waals surface area contributed by atoms with Crippen LogP contribution in [0, 0.1) is 5.41 Å². The number of nitrogens with two attached hydrogens (primary N) is 1. The predicted octanol–water partition coefficient (Wildman–Crippen LogP) is 0.373. The molecule has 0 heterocycles. The Morgan fingerprint density at radius 2 is 2.50 bits per heavy atom. The van der Waals surface area contributed by atoms with Crippen LogP contribution in [0.25, 0.3) is 0 Å². The summed E-state index contributed by atoms with van der Waals surface area (Å²) in [6, 6.07) is -0.0231. The van der Waals surface area contributed by atoms with Crippen molar-refractivity contribution in [3.63, 3.8) is 0 Å². The van der Waals surface area contributed by atoms with Crippen molar-refractivity contribution in [1.82, 2.24) is 0 Å². The largest absolute Gasteiger partial charge is 0.323 e. The highest BCUT2D eigenvalue weighted by Gasteiger charge is 1.85. The predicted molar refractivity (Wildman–Crippen MR) is 27.1 cm³/mol. The van der Waals surface area contributed by atoms with Crippen molar-refractivity contribution in [2.75, 3.05) is 0 Å². The molecule has 6 heavy (non-hydrogen) atoms. The summed E-state index contributed by atoms with van der Waals surface area (Å²) in [4.78, 5) is 0. The summed E-state index contributed by atoms with van der Waals surface area (Å²) in [5.41, 5.74) is 5.23. The van der Waals surface area contributed by atoms with E-state index in [4.69, 9.17) is 11.1 Å². The number of hydrogen-bond acceptors (Lipinski definition) is 2. The van der Waals surface area contributed by atoms with Gasteiger partial charge in [-0.15, -0.1) is 0 Å². The van der Waals surface area contributed by atoms with E-state index in [1.54, 1.807) is 0 Å². The SMILES string of the molecule is CCC(N)C=N. The molecule has 0 amide bonds. The zero-order valence-corrected chi connectivity index (χ0v) is 3.94. The molecule has 0 bridgehead atoms. The van der Waals surface area contributed by atoms with Crippen LogP contribution in [0.15, 0.2) is 0 Å². The first kappa shape index (κ1) is 5.63. The van der Waals surface area contributed by atoms with Gasteiger partial charge in [-0.2, -0.15) is 0 Å². The van der Waals surface area contributed by atoms with Crippen LogP contribution >= 0.6 is 0 Å². The first-order valence-electron chi connectivity index (χ1n) is 2.07. The van der Waals surface area contributed by atoms with Crippen molar-refractivity contribution in [3.8, 4) is 0 Å². The highest BCUT2D eigenvalue weighted by atomic mass is 14.6. The quantitative estimate of drug-likeness (QED) is 0.469. The van der Waals surface area contributed by atoms with Crippen LogP contribution in [0.2, 0.25) is 0 Å². The fourth-order valence-electron chi connectivity index (χ4n) is 0.118. The Bertz CT molecular complexity index is 42.8. The zero-order chi connectivity index (χ0) is 4.99. The van der Waals surface area contributed by atoms with Crippen molar-refractivity contribution in [2.45, 2.75) is 19.4 Å². The molecule has 0 fully saturated rings. The average molecular weight is 86.1 g/mol. The minimum Gasteiger partial charge on any atom is -0.323 e. The Kier molecular flexibility index (Phi) is 2.67. The smallest absolute Gasteiger partial charge is 0.0389 e. The maximum atomic E-state index is 6.56. The van der Waals surface area contributed by atoms with Crippen molar-refractivity contribution < 1.29 is 0 Å². The number of hydrogen-bond donors (Lipinski definition) is 2. The highest BCUT2D eigenvalue weighted by Crippen LogP contribution is 1.75. The van der Waals surface area contributed by atoms with E-state index < -0.39 is 0 Å². The highest BCUT2D eigenvalue weighted by molar-refractivity contribution is 5.59. The molecule has 0 aliphatic rings. The van der Waals surface area contributed by atoms with Crippen LogP contribution in [0.3, 0.4) is 0 Å². The van der Waals surface area contributed by atoms with Gasteiger partial charge < -0.3 is 11.1 Å². The minimum atomic E-state index is -0.0231. The zero-order valence-electron chi connectivity index (χ0n) is 3.94. The third-order valence-electron chi connectivity index (χ3n) is 0.685. The molecule has 0 saturated heterocycles. The number of nitrogens with one attached hydrogen (secondary N) is 1. The van der Waals surface area contributed by atoms with E-state index in [1.807, 2.05) is 6.92 Å². The molecule has 0 spiro atoms. The van der Waals surface area contributed by atoms with Gasteiger partial charge in [-0.25, -0.2) is 0 Å². The van der Waals surface area contributed by atoms with Crippen molar-refractivity contribution >= 4 is 6.21 Å². The summed E-state index contributed by atoms with van der Waals surface area (Å²) in [6.45, 7) is 1.95. The first-order valence-corrected chi connectivity index (χ1v) is 2.07. The van der Waals surface area contributed by atoms with Gasteiger partial charge in [0.25, 0.3) is 0 Å². The Labute approximate surface area is 37.9 Å². The van der Waals surface area contributed by atoms with Gasteiger partial charge in [0, 0.05) is 12.3 Å². The first-order chi connectivity index (χ1) is 2.81. The lowest BCUT2D eigenvalue weighted by Gasteiger charge is -1.93. The van der Waals surface area contributed by atoms with Gasteiger partial charge in [0.2, 0.25) is 0 Å². The van der Waals surface area contributed by atoms with E-state index in [9.17, 15) is 0 Å². The van der Waals surface area contributed by atoms with E-state index in [2.05, 4.69) is 0 Å². The van der Waals surface area contributed by atoms with Crippen molar-refractivity contribution in [3.05, 3.63) is 0 Å². The summed E-state index contributed by atoms with van der Waals surface area (Å²) in [6.07, 6.45) is 2.11. The van der Waals surface area contributed by atoms with Crippen LogP contribution in [-0.2, 0) is 0 Å². The normalized spacial score (nSPS) is 13.7. The topological polar surface area (TPSA) is 49.9 Å². The van der Waals surface area contributed by atoms with Crippen LogP contribution in [-0.4, -0.2) is 12.3 Å². The third-order valence-corrected chi connectivity index (χ3v) is 0.685. The molecule has 2 heteroatoms. The molecule has 0 aromatic heterocycles. The maximum Gasteiger partial charge on any atom is 0.0389 e. The molecule has 1 atom stereocenters. The second kappa shape index (κ2) is 2.85. The van der Waals surface area contributed by atoms with Gasteiger partial charge in [0.15, 0.2) is 0 Å². The molecule has 3 N–H and O–H groups in total. The summed E-state index contributed by atoms with van der Waals surface area (Å²) in [7, 11) is 0. The van der Waals surface area contributed by atoms with Crippen LogP contribution in [0.4, 0.5) is 0 Å². The Morgan fingerprint density at radius 1 is 2.00 bits per heavy atom. The molecule has 0 radical (unpaired) electrons. The minimum absolute atomic E-state index is 0.0231. The summed E-state index contributed by atoms with van der Waals surface area (Å²) < 4.78 is 0. The van der Waals surface area contributed by atoms with Gasteiger partial charge >= 0.3 is 0 Å². The van der Waals surface area contributed by atoms with Gasteiger partial charge in [-0.3, -0.25) is 0 Å². The maximum absolute atomic E-state index is 6.56. The van der Waals surface area contributed by atoms with Gasteiger partial charge in [0.1, 0.15) is 0 Å². The van der Waals surface area contributed by atoms with E-state index in [0.717, 1.165) is 6.42 Å². The van der Waals surface area contributed by atoms with E-state index in [1.165, 1.54) is 6.21 Å². The fraction of sp³-hybridized carbons (Fsp3) is 0.750. The molecular weight excluding hydrogens is 76.1 g/mol. The summed E-state index contributed by atoms with van der Waals surface area (Å²) >= 11 is 0. The van der Waals surface area contributed by atoms with E-state index in [0.29, 0.717) is 0 Å². The lowest BCUT2D eigenvalue weighted by molar-refractivity contribution is 0.830. The van der Waals surface area contributed by atoms with Gasteiger partial charge in [-0.05, 0) is 6.42 Å². The molecule has 0 saturated carbocycles. The van der Waals surface area contributed by atoms with Crippen LogP contribution < -0.4 is 5.73 Å². The molecule has 36 valence electrons. The van der Waals surface area contributed by atoms with Crippen molar-refractivity contribution in [1.29, 1.82) is 5.41 Å². The molecule has 1 unspecified atom stereocenters. The van der Waals surface area contributed by atoms with Crippen LogP contribution in [0.1, 0.15) is 13.3 Å². The molecule has 0 aromatic rings. The van der Waals surface area contributed by atoms with E-state index >= 15 is 0 Å². The second-order valence-electron chi connectivity index (χ2n) is 1.24. The standard InChI is InChI=1S/C4H10N2/c1-2-4(6)3-5/h3-5H,2,6H2,1H3. The van der Waals surface area contributed by atoms with Gasteiger partial charge in [-0.1, -0.05) is 6.92 Å². The lowest BCUT2D eigenvalue weighted by Crippen LogP contribution is -2.18. The Morgan fingerprint density at radius 3 is 2.50 bits per heavy atom. The number of rotatable bonds is 2. The fourth-order valence-corrected chi connectivity index (χ4v) is 0.118. The summed E-state index contributed by atoms with van der Waals surface area (Å²) in [5.74, 6) is 0. The van der Waals surface area contributed by atoms with Gasteiger partial charge in [0.05, 0.1) is 0 Å². The molecule has 0 aliphatic carbocycles. The molecule has 2 nitrogen and oxygen atoms in total. The molecular formula is C4H10N2. The average Bonchev–Trinajstić information content (AvgIpc) is 1.65. The monoisotopic (exact) mass is 86.1 g/mol. The molecule has 0 aliphatic heterocycles. The third kappa shape index (κ3) is 1.91. The van der Waals surface area contributed by atoms with E-state index in [-0.39, 0.29) is 6.04 Å².